The van der Waals surface area contributed by atoms with Crippen LogP contribution in [0.4, 0.5) is 15.8 Å². The number of rotatable bonds is 10. The van der Waals surface area contributed by atoms with E-state index < -0.39 is 6.10 Å². The summed E-state index contributed by atoms with van der Waals surface area (Å²) in [4.78, 5) is 15.1. The maximum atomic E-state index is 13.6. The number of benzene rings is 2. The molecule has 0 radical (unpaired) electrons. The topological polar surface area (TPSA) is 53.0 Å². The van der Waals surface area contributed by atoms with Crippen LogP contribution in [0.15, 0.2) is 46.2 Å². The highest BCUT2D eigenvalue weighted by Gasteiger charge is 2.29. The van der Waals surface area contributed by atoms with Crippen molar-refractivity contribution in [2.45, 2.75) is 55.0 Å². The Morgan fingerprint density at radius 2 is 2.06 bits per heavy atom. The quantitative estimate of drug-likeness (QED) is 0.274. The molecule has 1 aliphatic heterocycles. The third-order valence-corrected chi connectivity index (χ3v) is 7.39. The van der Waals surface area contributed by atoms with Gasteiger partial charge in [-0.1, -0.05) is 26.7 Å². The third-order valence-electron chi connectivity index (χ3n) is 5.36. The van der Waals surface area contributed by atoms with Crippen LogP contribution in [-0.4, -0.2) is 53.8 Å². The lowest BCUT2D eigenvalue weighted by Crippen LogP contribution is -2.35. The van der Waals surface area contributed by atoms with E-state index in [4.69, 9.17) is 4.74 Å². The summed E-state index contributed by atoms with van der Waals surface area (Å²) in [5, 5.41) is 9.64. The van der Waals surface area contributed by atoms with E-state index in [0.717, 1.165) is 52.7 Å². The van der Waals surface area contributed by atoms with Gasteiger partial charge in [0.25, 0.3) is 0 Å². The Morgan fingerprint density at radius 1 is 1.31 bits per heavy atom. The highest BCUT2D eigenvalue weighted by molar-refractivity contribution is 7.99. The van der Waals surface area contributed by atoms with Gasteiger partial charge in [-0.3, -0.25) is 0 Å². The fourth-order valence-corrected chi connectivity index (χ4v) is 5.46. The number of carbonyl (C=O) groups excluding carboxylic acids is 1. The number of nitrogens with zero attached hydrogens (tertiary/aromatic N) is 2. The molecule has 32 heavy (non-hydrogen) atoms. The van der Waals surface area contributed by atoms with Crippen LogP contribution in [-0.2, 0) is 4.79 Å². The summed E-state index contributed by atoms with van der Waals surface area (Å²) >= 11 is 3.32. The number of hydrogen-bond acceptors (Lipinski definition) is 7. The normalized spacial score (nSPS) is 17.5. The average molecular weight is 479 g/mol. The number of ether oxygens (including phenoxy) is 1. The maximum Gasteiger partial charge on any atom is 0.151 e. The Morgan fingerprint density at radius 3 is 2.72 bits per heavy atom. The second kappa shape index (κ2) is 11.9. The van der Waals surface area contributed by atoms with E-state index in [1.807, 2.05) is 18.2 Å². The van der Waals surface area contributed by atoms with E-state index >= 15 is 0 Å². The number of fused-ring (bicyclic) bond motifs is 1. The Labute approximate surface area is 198 Å². The molecule has 2 aromatic carbocycles. The molecule has 1 aliphatic rings. The first kappa shape index (κ1) is 24.9. The molecule has 1 heterocycles. The van der Waals surface area contributed by atoms with Crippen molar-refractivity contribution in [2.24, 2.45) is 0 Å². The van der Waals surface area contributed by atoms with Crippen molar-refractivity contribution in [1.29, 1.82) is 0 Å². The number of aliphatic hydroxyl groups is 1. The molecule has 2 aromatic rings. The van der Waals surface area contributed by atoms with Crippen LogP contribution < -0.4 is 9.64 Å². The summed E-state index contributed by atoms with van der Waals surface area (Å²) in [5.74, 6) is 1.26. The first-order valence-corrected chi connectivity index (χ1v) is 12.7. The lowest BCUT2D eigenvalue weighted by atomic mass is 10.1. The predicted molar refractivity (Wildman–Crippen MR) is 131 cm³/mol. The van der Waals surface area contributed by atoms with Crippen LogP contribution >= 0.6 is 23.7 Å². The molecule has 0 aromatic heterocycles. The number of aldehydes is 1. The summed E-state index contributed by atoms with van der Waals surface area (Å²) in [5.41, 5.74) is 1.99. The minimum Gasteiger partial charge on any atom is -0.489 e. The van der Waals surface area contributed by atoms with Gasteiger partial charge in [0.2, 0.25) is 0 Å². The summed E-state index contributed by atoms with van der Waals surface area (Å²) in [6, 6.07) is 11.1. The second-order valence-corrected chi connectivity index (χ2v) is 10.2. The molecule has 1 N–H and O–H groups in total. The SMILES string of the molecule is CCCCC1CN(c2ccc(F)cc2)c2cc(SCC)c(OCC(O)C=O)cc2SN1C. The van der Waals surface area contributed by atoms with E-state index in [2.05, 4.69) is 36.2 Å². The number of aliphatic hydroxyl groups excluding tert-OH is 1. The molecule has 0 bridgehead atoms. The molecule has 3 rings (SSSR count). The zero-order chi connectivity index (χ0) is 23.1. The first-order chi connectivity index (χ1) is 15.5. The van der Waals surface area contributed by atoms with Gasteiger partial charge in [0.05, 0.1) is 15.5 Å². The molecule has 0 saturated heterocycles. The lowest BCUT2D eigenvalue weighted by molar-refractivity contribution is -0.116. The molecule has 8 heteroatoms. The van der Waals surface area contributed by atoms with E-state index in [1.165, 1.54) is 12.1 Å². The summed E-state index contributed by atoms with van der Waals surface area (Å²) in [6.07, 6.45) is 2.66. The van der Waals surface area contributed by atoms with Crippen molar-refractivity contribution in [3.63, 3.8) is 0 Å². The Bertz CT molecular complexity index is 898. The van der Waals surface area contributed by atoms with Crippen LogP contribution in [0.3, 0.4) is 0 Å². The van der Waals surface area contributed by atoms with Crippen molar-refractivity contribution in [3.8, 4) is 5.75 Å². The molecule has 0 fully saturated rings. The summed E-state index contributed by atoms with van der Waals surface area (Å²) in [7, 11) is 2.11. The van der Waals surface area contributed by atoms with Crippen molar-refractivity contribution < 1.29 is 19.0 Å². The number of halogens is 1. The van der Waals surface area contributed by atoms with Gasteiger partial charge >= 0.3 is 0 Å². The molecular weight excluding hydrogens is 447 g/mol. The van der Waals surface area contributed by atoms with E-state index in [-0.39, 0.29) is 12.4 Å². The number of likely N-dealkylation sites (N-methyl/N-ethyl adjacent to an activating group) is 1. The fraction of sp³-hybridized carbons (Fsp3) is 0.458. The molecule has 2 unspecified atom stereocenters. The largest absolute Gasteiger partial charge is 0.489 e. The molecule has 5 nitrogen and oxygen atoms in total. The van der Waals surface area contributed by atoms with Crippen LogP contribution in [0, 0.1) is 5.82 Å². The van der Waals surface area contributed by atoms with Gasteiger partial charge in [0, 0.05) is 18.3 Å². The van der Waals surface area contributed by atoms with Crippen molar-refractivity contribution in [2.75, 3.05) is 30.9 Å². The highest BCUT2D eigenvalue weighted by Crippen LogP contribution is 2.46. The van der Waals surface area contributed by atoms with Crippen molar-refractivity contribution >= 4 is 41.4 Å². The number of hydrogen-bond donors (Lipinski definition) is 1. The Kier molecular flexibility index (Phi) is 9.28. The number of anilines is 2. The second-order valence-electron chi connectivity index (χ2n) is 7.73. The number of unbranched alkanes of at least 4 members (excludes halogenated alkanes) is 1. The molecule has 0 spiro atoms. The van der Waals surface area contributed by atoms with Gasteiger partial charge in [-0.15, -0.1) is 11.8 Å². The summed E-state index contributed by atoms with van der Waals surface area (Å²) in [6.45, 7) is 4.98. The van der Waals surface area contributed by atoms with Crippen LogP contribution in [0.25, 0.3) is 0 Å². The Balaban J connectivity index is 2.05. The van der Waals surface area contributed by atoms with Crippen molar-refractivity contribution in [3.05, 3.63) is 42.2 Å². The maximum absolute atomic E-state index is 13.6. The number of carbonyl (C=O) groups is 1. The van der Waals surface area contributed by atoms with Crippen LogP contribution in [0.5, 0.6) is 5.75 Å². The van der Waals surface area contributed by atoms with Gasteiger partial charge in [0.15, 0.2) is 6.29 Å². The molecule has 0 amide bonds. The number of thioether (sulfide) groups is 1. The van der Waals surface area contributed by atoms with Gasteiger partial charge in [-0.25, -0.2) is 8.70 Å². The highest BCUT2D eigenvalue weighted by atomic mass is 32.2. The van der Waals surface area contributed by atoms with Crippen molar-refractivity contribution in [1.82, 2.24) is 4.31 Å². The lowest BCUT2D eigenvalue weighted by Gasteiger charge is -2.30. The monoisotopic (exact) mass is 478 g/mol. The van der Waals surface area contributed by atoms with Gasteiger partial charge < -0.3 is 19.5 Å². The average Bonchev–Trinajstić information content (AvgIpc) is 2.92. The van der Waals surface area contributed by atoms with Crippen LogP contribution in [0.2, 0.25) is 0 Å². The van der Waals surface area contributed by atoms with E-state index in [1.54, 1.807) is 23.7 Å². The first-order valence-electron chi connectivity index (χ1n) is 11.0. The fourth-order valence-electron chi connectivity index (χ4n) is 3.64. The molecule has 174 valence electrons. The van der Waals surface area contributed by atoms with Crippen LogP contribution in [0.1, 0.15) is 33.1 Å². The zero-order valence-electron chi connectivity index (χ0n) is 18.8. The molecule has 0 saturated carbocycles. The minimum atomic E-state index is -1.15. The van der Waals surface area contributed by atoms with Gasteiger partial charge in [0.1, 0.15) is 24.3 Å². The van der Waals surface area contributed by atoms with E-state index in [9.17, 15) is 14.3 Å². The summed E-state index contributed by atoms with van der Waals surface area (Å²) < 4.78 is 21.8. The molecule has 2 atom stereocenters. The zero-order valence-corrected chi connectivity index (χ0v) is 20.4. The van der Waals surface area contributed by atoms with Gasteiger partial charge in [-0.2, -0.15) is 0 Å². The molecule has 0 aliphatic carbocycles. The predicted octanol–water partition coefficient (Wildman–Crippen LogP) is 5.53. The smallest absolute Gasteiger partial charge is 0.151 e. The van der Waals surface area contributed by atoms with Gasteiger partial charge in [-0.05, 0) is 67.6 Å². The van der Waals surface area contributed by atoms with E-state index in [0.29, 0.717) is 18.1 Å². The third kappa shape index (κ3) is 6.19. The molecular formula is C24H31FN2O3S2. The Hall–Kier alpha value is -1.74. The standard InChI is InChI=1S/C24H31FN2O3S2/c1-4-6-7-19-14-27(18-10-8-17(25)9-11-18)21-12-24(31-5-2)22(30-16-20(29)15-28)13-23(21)32-26(19)3/h8-13,15,19-20,29H,4-7,14,16H2,1-3H3. The minimum absolute atomic E-state index is 0.0825.